The number of rotatable bonds is 13. The Labute approximate surface area is 243 Å². The molecular weight excluding hydrogens is 583 g/mol. The maximum atomic E-state index is 13.4. The van der Waals surface area contributed by atoms with E-state index in [-0.39, 0.29) is 40.5 Å². The van der Waals surface area contributed by atoms with Crippen molar-refractivity contribution in [2.45, 2.75) is 66.1 Å². The number of aliphatic hydroxyl groups excluding tert-OH is 2. The molecule has 0 spiro atoms. The number of amides is 1. The summed E-state index contributed by atoms with van der Waals surface area (Å²) in [6, 6.07) is 3.02. The molecule has 2 heterocycles. The number of aliphatic hydroxyl groups is 2. The van der Waals surface area contributed by atoms with E-state index in [4.69, 9.17) is 24.0 Å². The molecular formula is C25H40N2O10PS2+. The van der Waals surface area contributed by atoms with Crippen molar-refractivity contribution < 1.29 is 52.0 Å². The molecule has 1 aliphatic heterocycles. The molecule has 0 aliphatic carbocycles. The number of primary amides is 1. The molecule has 1 aromatic rings. The molecule has 1 amide bonds. The highest BCUT2D eigenvalue weighted by molar-refractivity contribution is 8.14. The third-order valence-corrected chi connectivity index (χ3v) is 9.44. The van der Waals surface area contributed by atoms with Gasteiger partial charge in [-0.15, -0.1) is 0 Å². The number of carbonyl (C=O) groups is 3. The van der Waals surface area contributed by atoms with E-state index in [1.165, 1.54) is 29.1 Å². The van der Waals surface area contributed by atoms with Gasteiger partial charge in [0.15, 0.2) is 28.7 Å². The van der Waals surface area contributed by atoms with Gasteiger partial charge in [-0.05, 0) is 6.07 Å². The summed E-state index contributed by atoms with van der Waals surface area (Å²) in [5.41, 5.74) is 4.38. The van der Waals surface area contributed by atoms with Gasteiger partial charge >= 0.3 is 7.82 Å². The van der Waals surface area contributed by atoms with Gasteiger partial charge in [0.05, 0.1) is 19.8 Å². The summed E-state index contributed by atoms with van der Waals surface area (Å²) in [5.74, 6) is -0.289. The van der Waals surface area contributed by atoms with Crippen molar-refractivity contribution in [2.75, 3.05) is 31.3 Å². The fourth-order valence-corrected chi connectivity index (χ4v) is 6.19. The first-order valence-electron chi connectivity index (χ1n) is 12.6. The third-order valence-electron chi connectivity index (χ3n) is 5.49. The molecule has 226 valence electrons. The number of aromatic nitrogens is 1. The van der Waals surface area contributed by atoms with Crippen LogP contribution in [0.25, 0.3) is 0 Å². The lowest BCUT2D eigenvalue weighted by Crippen LogP contribution is -2.46. The Balaban J connectivity index is 2.04. The first-order valence-corrected chi connectivity index (χ1v) is 16.1. The van der Waals surface area contributed by atoms with Crippen LogP contribution in [0.3, 0.4) is 0 Å². The van der Waals surface area contributed by atoms with Crippen molar-refractivity contribution in [1.82, 2.24) is 0 Å². The molecule has 2 unspecified atom stereocenters. The molecule has 0 aromatic carbocycles. The number of ether oxygens (including phenoxy) is 1. The number of carbonyl (C=O) groups excluding carboxylic acids is 3. The van der Waals surface area contributed by atoms with Gasteiger partial charge < -0.3 is 20.7 Å². The molecule has 0 radical (unpaired) electrons. The van der Waals surface area contributed by atoms with Gasteiger partial charge in [-0.1, -0.05) is 65.1 Å². The Bertz CT molecular complexity index is 1050. The average molecular weight is 624 g/mol. The minimum absolute atomic E-state index is 0.0646. The number of thioether (sulfide) groups is 2. The van der Waals surface area contributed by atoms with Crippen molar-refractivity contribution in [1.29, 1.82) is 0 Å². The number of nitrogens with two attached hydrogens (primary N) is 1. The fourth-order valence-electron chi connectivity index (χ4n) is 3.19. The van der Waals surface area contributed by atoms with Crippen LogP contribution in [0.4, 0.5) is 0 Å². The minimum Gasteiger partial charge on any atom is -0.387 e. The molecule has 12 nitrogen and oxygen atoms in total. The molecule has 0 saturated carbocycles. The maximum absolute atomic E-state index is 13.4. The molecule has 1 aliphatic rings. The average Bonchev–Trinajstić information content (AvgIpc) is 3.15. The molecule has 1 aromatic heterocycles. The van der Waals surface area contributed by atoms with E-state index >= 15 is 0 Å². The van der Waals surface area contributed by atoms with Crippen LogP contribution in [-0.4, -0.2) is 76.0 Å². The second-order valence-electron chi connectivity index (χ2n) is 11.1. The van der Waals surface area contributed by atoms with Crippen LogP contribution in [0.5, 0.6) is 0 Å². The number of hydrogen-bond acceptors (Lipinski definition) is 12. The van der Waals surface area contributed by atoms with E-state index in [1.54, 1.807) is 41.5 Å². The summed E-state index contributed by atoms with van der Waals surface area (Å²) in [5, 5.41) is 21.0. The van der Waals surface area contributed by atoms with Gasteiger partial charge in [0, 0.05) is 28.4 Å². The van der Waals surface area contributed by atoms with E-state index in [0.717, 1.165) is 23.5 Å². The van der Waals surface area contributed by atoms with Gasteiger partial charge in [-0.3, -0.25) is 28.0 Å². The summed E-state index contributed by atoms with van der Waals surface area (Å²) < 4.78 is 36.9. The monoisotopic (exact) mass is 623 g/mol. The fraction of sp³-hybridized carbons (Fsp3) is 0.680. The first-order chi connectivity index (χ1) is 18.4. The van der Waals surface area contributed by atoms with E-state index in [2.05, 4.69) is 0 Å². The zero-order valence-electron chi connectivity index (χ0n) is 23.6. The number of hydrogen-bond donors (Lipinski definition) is 3. The molecule has 15 heteroatoms. The molecule has 0 bridgehead atoms. The molecule has 2 rings (SSSR count). The van der Waals surface area contributed by atoms with Crippen LogP contribution in [-0.2, 0) is 32.5 Å². The largest absolute Gasteiger partial charge is 0.474 e. The van der Waals surface area contributed by atoms with Gasteiger partial charge in [0.25, 0.3) is 12.1 Å². The van der Waals surface area contributed by atoms with Crippen LogP contribution in [0, 0.1) is 10.8 Å². The standard InChI is InChI=1S/C25H39N2O10PS2/c1-24(2,3)22(31)39-12-10-34-38(33,35-11-13-40-23(32)25(4,5)6)36-15-17-18(28)19(29)21(37-17)27-9-7-8-16(14-27)20(26)30/h7-9,14,17-19,21,28-29H,10-13,15H2,1-6H3,(H-,26,30)/p+1/t17-,18?,19?,21-/m1/s1. The van der Waals surface area contributed by atoms with Crippen LogP contribution >= 0.6 is 31.3 Å². The smallest absolute Gasteiger partial charge is 0.387 e. The topological polar surface area (TPSA) is 176 Å². The molecule has 40 heavy (non-hydrogen) atoms. The van der Waals surface area contributed by atoms with Crippen molar-refractivity contribution >= 4 is 47.5 Å². The number of pyridine rings is 1. The van der Waals surface area contributed by atoms with Crippen molar-refractivity contribution in [3.63, 3.8) is 0 Å². The van der Waals surface area contributed by atoms with Gasteiger partial charge in [0.2, 0.25) is 0 Å². The quantitative estimate of drug-likeness (QED) is 0.167. The van der Waals surface area contributed by atoms with E-state index in [0.29, 0.717) is 0 Å². The Hall–Kier alpha value is -1.35. The van der Waals surface area contributed by atoms with Gasteiger partial charge in [-0.25, -0.2) is 4.57 Å². The third kappa shape index (κ3) is 10.5. The van der Waals surface area contributed by atoms with Gasteiger partial charge in [0.1, 0.15) is 17.8 Å². The lowest BCUT2D eigenvalue weighted by Gasteiger charge is -2.21. The Kier molecular flexibility index (Phi) is 12.8. The normalized spacial score (nSPS) is 21.9. The van der Waals surface area contributed by atoms with Crippen LogP contribution < -0.4 is 10.3 Å². The number of phosphoric ester groups is 1. The van der Waals surface area contributed by atoms with Crippen LogP contribution in [0.15, 0.2) is 24.5 Å². The Morgan fingerprint density at radius 2 is 1.50 bits per heavy atom. The van der Waals surface area contributed by atoms with Crippen molar-refractivity contribution in [3.8, 4) is 0 Å². The Morgan fingerprint density at radius 3 is 1.98 bits per heavy atom. The van der Waals surface area contributed by atoms with E-state index < -0.39 is 55.7 Å². The SMILES string of the molecule is CC(C)(C)C(=O)SCCOP(=O)(OCCSC(=O)C(C)(C)C)OC[C@H]1O[C@@H]([n+]2cccc(C(N)=O)c2)C(O)C1O. The van der Waals surface area contributed by atoms with Crippen molar-refractivity contribution in [2.24, 2.45) is 16.6 Å². The summed E-state index contributed by atoms with van der Waals surface area (Å²) in [7, 11) is -4.22. The lowest BCUT2D eigenvalue weighted by atomic mass is 9.99. The van der Waals surface area contributed by atoms with Crippen LogP contribution in [0.1, 0.15) is 58.1 Å². The lowest BCUT2D eigenvalue weighted by molar-refractivity contribution is -0.765. The highest BCUT2D eigenvalue weighted by Gasteiger charge is 2.49. The minimum atomic E-state index is -4.22. The van der Waals surface area contributed by atoms with Crippen LogP contribution in [0.2, 0.25) is 0 Å². The maximum Gasteiger partial charge on any atom is 0.474 e. The second-order valence-corrected chi connectivity index (χ2v) is 14.9. The summed E-state index contributed by atoms with van der Waals surface area (Å²) in [6.07, 6.45) is -2.13. The van der Waals surface area contributed by atoms with E-state index in [1.807, 2.05) is 0 Å². The predicted octanol–water partition coefficient (Wildman–Crippen LogP) is 2.46. The van der Waals surface area contributed by atoms with Gasteiger partial charge in [-0.2, -0.15) is 4.57 Å². The molecule has 1 saturated heterocycles. The predicted molar refractivity (Wildman–Crippen MR) is 150 cm³/mol. The Morgan fingerprint density at radius 1 is 0.975 bits per heavy atom. The zero-order chi connectivity index (χ0) is 30.3. The highest BCUT2D eigenvalue weighted by Crippen LogP contribution is 2.50. The number of phosphoric acid groups is 1. The summed E-state index contributed by atoms with van der Waals surface area (Å²) in [4.78, 5) is 35.8. The summed E-state index contributed by atoms with van der Waals surface area (Å²) >= 11 is 2.05. The zero-order valence-corrected chi connectivity index (χ0v) is 26.1. The number of nitrogens with zero attached hydrogens (tertiary/aromatic N) is 1. The van der Waals surface area contributed by atoms with E-state index in [9.17, 15) is 29.2 Å². The first kappa shape index (κ1) is 34.8. The summed E-state index contributed by atoms with van der Waals surface area (Å²) in [6.45, 7) is 9.98. The molecule has 1 fully saturated rings. The van der Waals surface area contributed by atoms with Crippen molar-refractivity contribution in [3.05, 3.63) is 30.1 Å². The highest BCUT2D eigenvalue weighted by atomic mass is 32.2. The molecule has 4 N–H and O–H groups in total. The second kappa shape index (κ2) is 14.7. The molecule has 4 atom stereocenters.